The van der Waals surface area contributed by atoms with Crippen LogP contribution >= 0.6 is 0 Å². The number of hydroxylamine groups is 2. The third-order valence-corrected chi connectivity index (χ3v) is 4.79. The minimum absolute atomic E-state index is 0.179. The zero-order chi connectivity index (χ0) is 17.8. The fourth-order valence-electron chi connectivity index (χ4n) is 3.54. The van der Waals surface area contributed by atoms with Crippen LogP contribution in [0.25, 0.3) is 0 Å². The van der Waals surface area contributed by atoms with Crippen LogP contribution in [0.2, 0.25) is 0 Å². The van der Waals surface area contributed by atoms with Gasteiger partial charge in [-0.25, -0.2) is 0 Å². The predicted molar refractivity (Wildman–Crippen MR) is 106 cm³/mol. The fourth-order valence-corrected chi connectivity index (χ4v) is 3.54. The molecular formula is C23H21NO2. The van der Waals surface area contributed by atoms with Crippen molar-refractivity contribution in [1.29, 1.82) is 0 Å². The standard InChI is InChI=1S/C23H21NO2/c25-24(18-10-9-15-21(24)19-11-3-1-4-12-19)22-16-7-8-17-23(22)26-20-13-5-2-6-14-20/h1-8,10-14,16-18,21H,9,15H2. The summed E-state index contributed by atoms with van der Waals surface area (Å²) in [5.41, 5.74) is 1.68. The Morgan fingerprint density at radius 2 is 1.46 bits per heavy atom. The van der Waals surface area contributed by atoms with Crippen molar-refractivity contribution in [3.63, 3.8) is 0 Å². The molecule has 0 bridgehead atoms. The minimum atomic E-state index is -0.535. The summed E-state index contributed by atoms with van der Waals surface area (Å²) in [6, 6.07) is 27.0. The van der Waals surface area contributed by atoms with E-state index in [0.717, 1.165) is 24.2 Å². The Balaban J connectivity index is 1.77. The SMILES string of the molecule is [O-][N+]1(c2ccccc2Oc2ccccc2)C=CCCC1c1ccccc1. The van der Waals surface area contributed by atoms with Crippen LogP contribution in [-0.2, 0) is 0 Å². The second-order valence-corrected chi connectivity index (χ2v) is 6.48. The van der Waals surface area contributed by atoms with Crippen LogP contribution in [0.1, 0.15) is 24.4 Å². The summed E-state index contributed by atoms with van der Waals surface area (Å²) in [6.45, 7) is 0. The van der Waals surface area contributed by atoms with Gasteiger partial charge in [-0.05, 0) is 30.7 Å². The molecule has 0 aromatic heterocycles. The van der Waals surface area contributed by atoms with Gasteiger partial charge in [0.25, 0.3) is 0 Å². The van der Waals surface area contributed by atoms with Gasteiger partial charge in [-0.3, -0.25) is 4.65 Å². The van der Waals surface area contributed by atoms with E-state index in [1.807, 2.05) is 91.0 Å². The Kier molecular flexibility index (Phi) is 4.57. The van der Waals surface area contributed by atoms with Gasteiger partial charge in [-0.1, -0.05) is 60.7 Å². The van der Waals surface area contributed by atoms with Gasteiger partial charge in [0.1, 0.15) is 11.8 Å². The van der Waals surface area contributed by atoms with Crippen molar-refractivity contribution < 1.29 is 4.74 Å². The molecule has 1 aliphatic heterocycles. The molecule has 3 aromatic rings. The number of hydrogen-bond donors (Lipinski definition) is 0. The highest BCUT2D eigenvalue weighted by Crippen LogP contribution is 2.45. The van der Waals surface area contributed by atoms with Crippen LogP contribution in [0.5, 0.6) is 11.5 Å². The number of quaternary nitrogens is 1. The van der Waals surface area contributed by atoms with Gasteiger partial charge in [0.15, 0.2) is 11.4 Å². The Hall–Kier alpha value is -2.88. The lowest BCUT2D eigenvalue weighted by atomic mass is 9.96. The number of para-hydroxylation sites is 3. The first-order valence-corrected chi connectivity index (χ1v) is 8.92. The summed E-state index contributed by atoms with van der Waals surface area (Å²) in [5, 5.41) is 14.0. The number of nitrogens with zero attached hydrogens (tertiary/aromatic N) is 1. The molecule has 0 saturated carbocycles. The van der Waals surface area contributed by atoms with Gasteiger partial charge in [-0.15, -0.1) is 0 Å². The lowest BCUT2D eigenvalue weighted by Gasteiger charge is -2.47. The van der Waals surface area contributed by atoms with E-state index >= 15 is 0 Å². The first kappa shape index (κ1) is 16.6. The van der Waals surface area contributed by atoms with Gasteiger partial charge in [0.05, 0.1) is 6.20 Å². The van der Waals surface area contributed by atoms with Crippen molar-refractivity contribution >= 4 is 5.69 Å². The van der Waals surface area contributed by atoms with Crippen LogP contribution in [0.4, 0.5) is 5.69 Å². The van der Waals surface area contributed by atoms with Gasteiger partial charge in [0, 0.05) is 18.1 Å². The van der Waals surface area contributed by atoms with Crippen LogP contribution in [0, 0.1) is 5.21 Å². The summed E-state index contributed by atoms with van der Waals surface area (Å²) in [6.07, 6.45) is 5.45. The average molecular weight is 343 g/mol. The molecule has 2 atom stereocenters. The molecule has 1 heterocycles. The maximum absolute atomic E-state index is 14.0. The minimum Gasteiger partial charge on any atom is -0.622 e. The first-order chi connectivity index (χ1) is 12.8. The van der Waals surface area contributed by atoms with E-state index in [1.54, 1.807) is 6.20 Å². The molecule has 3 nitrogen and oxygen atoms in total. The van der Waals surface area contributed by atoms with Crippen LogP contribution in [-0.4, -0.2) is 0 Å². The quantitative estimate of drug-likeness (QED) is 0.409. The molecule has 2 unspecified atom stereocenters. The monoisotopic (exact) mass is 343 g/mol. The molecule has 26 heavy (non-hydrogen) atoms. The molecule has 0 saturated heterocycles. The zero-order valence-electron chi connectivity index (χ0n) is 14.5. The molecule has 3 aromatic carbocycles. The van der Waals surface area contributed by atoms with Gasteiger partial charge in [-0.2, -0.15) is 0 Å². The third kappa shape index (κ3) is 3.15. The van der Waals surface area contributed by atoms with Crippen molar-refractivity contribution in [2.45, 2.75) is 18.9 Å². The van der Waals surface area contributed by atoms with E-state index in [1.165, 1.54) is 0 Å². The molecule has 0 N–H and O–H groups in total. The van der Waals surface area contributed by atoms with Crippen molar-refractivity contribution in [2.75, 3.05) is 0 Å². The van der Waals surface area contributed by atoms with Crippen LogP contribution in [0.15, 0.2) is 97.2 Å². The summed E-state index contributed by atoms with van der Waals surface area (Å²) in [5.74, 6) is 1.32. The zero-order valence-corrected chi connectivity index (χ0v) is 14.5. The Morgan fingerprint density at radius 1 is 0.808 bits per heavy atom. The topological polar surface area (TPSA) is 32.3 Å². The molecule has 0 aliphatic carbocycles. The van der Waals surface area contributed by atoms with Gasteiger partial charge < -0.3 is 9.94 Å². The largest absolute Gasteiger partial charge is 0.622 e. The van der Waals surface area contributed by atoms with E-state index in [4.69, 9.17) is 4.74 Å². The van der Waals surface area contributed by atoms with Crippen molar-refractivity contribution in [3.05, 3.63) is 108 Å². The lowest BCUT2D eigenvalue weighted by molar-refractivity contribution is 0.324. The first-order valence-electron chi connectivity index (χ1n) is 8.92. The average Bonchev–Trinajstić information content (AvgIpc) is 2.70. The highest BCUT2D eigenvalue weighted by atomic mass is 16.6. The molecule has 3 heteroatoms. The summed E-state index contributed by atoms with van der Waals surface area (Å²) < 4.78 is 5.53. The van der Waals surface area contributed by atoms with Crippen LogP contribution < -0.4 is 9.38 Å². The summed E-state index contributed by atoms with van der Waals surface area (Å²) in [4.78, 5) is 0. The molecule has 0 amide bonds. The van der Waals surface area contributed by atoms with Crippen molar-refractivity contribution in [2.24, 2.45) is 0 Å². The summed E-state index contributed by atoms with van der Waals surface area (Å²) in [7, 11) is 0. The second kappa shape index (κ2) is 7.16. The molecule has 0 spiro atoms. The highest BCUT2D eigenvalue weighted by Gasteiger charge is 2.35. The molecule has 130 valence electrons. The third-order valence-electron chi connectivity index (χ3n) is 4.79. The number of hydrogen-bond acceptors (Lipinski definition) is 2. The maximum atomic E-state index is 14.0. The maximum Gasteiger partial charge on any atom is 0.188 e. The van der Waals surface area contributed by atoms with Gasteiger partial charge >= 0.3 is 0 Å². The molecule has 1 aliphatic rings. The van der Waals surface area contributed by atoms with Gasteiger partial charge in [0.2, 0.25) is 0 Å². The number of ether oxygens (including phenoxy) is 1. The number of rotatable bonds is 4. The molecule has 4 rings (SSSR count). The molecule has 0 fully saturated rings. The Labute approximate surface area is 154 Å². The van der Waals surface area contributed by atoms with E-state index in [2.05, 4.69) is 0 Å². The fraction of sp³-hybridized carbons (Fsp3) is 0.130. The Bertz CT molecular complexity index is 892. The number of benzene rings is 3. The van der Waals surface area contributed by atoms with Crippen LogP contribution in [0.3, 0.4) is 0 Å². The summed E-state index contributed by atoms with van der Waals surface area (Å²) >= 11 is 0. The molecular weight excluding hydrogens is 322 g/mol. The highest BCUT2D eigenvalue weighted by molar-refractivity contribution is 5.60. The van der Waals surface area contributed by atoms with E-state index < -0.39 is 4.65 Å². The predicted octanol–water partition coefficient (Wildman–Crippen LogP) is 6.33. The normalized spacial score (nSPS) is 22.1. The van der Waals surface area contributed by atoms with Crippen molar-refractivity contribution in [1.82, 2.24) is 4.65 Å². The smallest absolute Gasteiger partial charge is 0.188 e. The number of allylic oxidation sites excluding steroid dienone is 1. The Morgan fingerprint density at radius 3 is 2.23 bits per heavy atom. The second-order valence-electron chi connectivity index (χ2n) is 6.48. The van der Waals surface area contributed by atoms with E-state index in [-0.39, 0.29) is 6.04 Å². The van der Waals surface area contributed by atoms with Crippen molar-refractivity contribution in [3.8, 4) is 11.5 Å². The molecule has 0 radical (unpaired) electrons. The lowest BCUT2D eigenvalue weighted by Crippen LogP contribution is -2.43. The van der Waals surface area contributed by atoms with E-state index in [0.29, 0.717) is 11.4 Å². The van der Waals surface area contributed by atoms with E-state index in [9.17, 15) is 5.21 Å².